The molecule has 0 rings (SSSR count). The van der Waals surface area contributed by atoms with E-state index in [-0.39, 0.29) is 28.5 Å². The van der Waals surface area contributed by atoms with Crippen LogP contribution >= 0.6 is 0 Å². The third kappa shape index (κ3) is 6.27. The summed E-state index contributed by atoms with van der Waals surface area (Å²) >= 11 is 0. The molecule has 0 amide bonds. The van der Waals surface area contributed by atoms with Crippen molar-refractivity contribution in [1.82, 2.24) is 0 Å². The lowest BCUT2D eigenvalue weighted by Crippen LogP contribution is -2.48. The lowest BCUT2D eigenvalue weighted by Gasteiger charge is -2.41. The Balaban J connectivity index is 5.68. The number of ether oxygens (including phenoxy) is 1. The molecule has 136 valence electrons. The average molecular weight is 327 g/mol. The monoisotopic (exact) mass is 326 g/mol. The van der Waals surface area contributed by atoms with E-state index >= 15 is 0 Å². The molecule has 0 aromatic heterocycles. The fraction of sp³-hybridized carbons (Fsp3) is 0.900. The molecule has 23 heavy (non-hydrogen) atoms. The summed E-state index contributed by atoms with van der Waals surface area (Å²) in [7, 11) is 0. The molecule has 0 saturated carbocycles. The van der Waals surface area contributed by atoms with Crippen molar-refractivity contribution < 1.29 is 14.3 Å². The Morgan fingerprint density at radius 2 is 1.00 bits per heavy atom. The van der Waals surface area contributed by atoms with Crippen LogP contribution in [0.1, 0.15) is 83.1 Å². The van der Waals surface area contributed by atoms with E-state index in [2.05, 4.69) is 0 Å². The number of hydrogen-bond donors (Lipinski definition) is 0. The molecule has 0 aliphatic carbocycles. The van der Waals surface area contributed by atoms with Crippen LogP contribution in [0.15, 0.2) is 0 Å². The minimum absolute atomic E-state index is 0.0279. The maximum atomic E-state index is 13.0. The largest absolute Gasteiger partial charge is 0.454 e. The molecule has 1 atom stereocenters. The fourth-order valence-corrected chi connectivity index (χ4v) is 3.21. The van der Waals surface area contributed by atoms with Crippen LogP contribution < -0.4 is 0 Å². The van der Waals surface area contributed by atoms with Gasteiger partial charge >= 0.3 is 5.97 Å². The summed E-state index contributed by atoms with van der Waals surface area (Å²) in [6.07, 6.45) is -0.734. The molecule has 3 nitrogen and oxygen atoms in total. The number of carbonyl (C=O) groups excluding carboxylic acids is 2. The number of ketones is 1. The molecule has 0 fully saturated rings. The summed E-state index contributed by atoms with van der Waals surface area (Å²) in [5.41, 5.74) is -1.44. The SMILES string of the molecule is CC(C)(C)C(=O)C(OC(=O)C(C(C)(C)C)C(C)(C)C)C(C)(C)C. The number of carbonyl (C=O) groups is 2. The zero-order chi connectivity index (χ0) is 19.0. The van der Waals surface area contributed by atoms with Crippen molar-refractivity contribution in [3.63, 3.8) is 0 Å². The molecule has 0 aromatic carbocycles. The summed E-state index contributed by atoms with van der Waals surface area (Å²) < 4.78 is 5.83. The smallest absolute Gasteiger partial charge is 0.310 e. The predicted molar refractivity (Wildman–Crippen MR) is 96.2 cm³/mol. The molecule has 0 aliphatic heterocycles. The summed E-state index contributed by atoms with van der Waals surface area (Å²) in [5.74, 6) is -0.588. The minimum Gasteiger partial charge on any atom is -0.454 e. The summed E-state index contributed by atoms with van der Waals surface area (Å²) in [4.78, 5) is 25.7. The van der Waals surface area contributed by atoms with Crippen molar-refractivity contribution in [3.8, 4) is 0 Å². The third-order valence-electron chi connectivity index (χ3n) is 3.97. The number of hydrogen-bond acceptors (Lipinski definition) is 3. The van der Waals surface area contributed by atoms with Crippen molar-refractivity contribution in [2.75, 3.05) is 0 Å². The van der Waals surface area contributed by atoms with Gasteiger partial charge in [-0.25, -0.2) is 0 Å². The van der Waals surface area contributed by atoms with E-state index in [0.29, 0.717) is 0 Å². The fourth-order valence-electron chi connectivity index (χ4n) is 3.21. The van der Waals surface area contributed by atoms with Gasteiger partial charge < -0.3 is 4.74 Å². The van der Waals surface area contributed by atoms with E-state index in [0.717, 1.165) is 0 Å². The highest BCUT2D eigenvalue weighted by atomic mass is 16.5. The standard InChI is InChI=1S/C20H38O3/c1-17(2,3)13(18(4,5)6)16(22)23-15(20(10,11)12)14(21)19(7,8)9/h13,15H,1-12H3. The van der Waals surface area contributed by atoms with Crippen molar-refractivity contribution in [2.45, 2.75) is 89.2 Å². The van der Waals surface area contributed by atoms with Gasteiger partial charge in [0.1, 0.15) is 0 Å². The highest BCUT2D eigenvalue weighted by Gasteiger charge is 2.46. The van der Waals surface area contributed by atoms with Gasteiger partial charge in [-0.05, 0) is 10.8 Å². The molecule has 0 bridgehead atoms. The number of Topliss-reactive ketones (excluding diaryl/α,β-unsaturated/α-hetero) is 1. The van der Waals surface area contributed by atoms with Gasteiger partial charge in [0.25, 0.3) is 0 Å². The number of rotatable bonds is 3. The highest BCUT2D eigenvalue weighted by molar-refractivity contribution is 5.90. The van der Waals surface area contributed by atoms with Crippen LogP contribution in [0.3, 0.4) is 0 Å². The Morgan fingerprint density at radius 1 is 0.652 bits per heavy atom. The highest BCUT2D eigenvalue weighted by Crippen LogP contribution is 2.42. The first kappa shape index (κ1) is 22.1. The van der Waals surface area contributed by atoms with E-state index in [9.17, 15) is 9.59 Å². The Hall–Kier alpha value is -0.860. The lowest BCUT2D eigenvalue weighted by molar-refractivity contribution is -0.175. The van der Waals surface area contributed by atoms with E-state index in [1.54, 1.807) is 0 Å². The van der Waals surface area contributed by atoms with Gasteiger partial charge in [-0.15, -0.1) is 0 Å². The van der Waals surface area contributed by atoms with E-state index < -0.39 is 16.9 Å². The van der Waals surface area contributed by atoms with Crippen molar-refractivity contribution >= 4 is 11.8 Å². The predicted octanol–water partition coefficient (Wildman–Crippen LogP) is 5.27. The maximum Gasteiger partial charge on any atom is 0.310 e. The van der Waals surface area contributed by atoms with Gasteiger partial charge in [0.2, 0.25) is 0 Å². The molecule has 1 unspecified atom stereocenters. The zero-order valence-electron chi connectivity index (χ0n) is 17.4. The Bertz CT molecular complexity index is 419. The molecule has 0 heterocycles. The second-order valence-electron chi connectivity index (χ2n) is 11.0. The molecular formula is C20H38O3. The topological polar surface area (TPSA) is 43.4 Å². The molecule has 0 spiro atoms. The molecule has 0 aliphatic rings. The van der Waals surface area contributed by atoms with Crippen LogP contribution in [0, 0.1) is 27.6 Å². The van der Waals surface area contributed by atoms with Crippen LogP contribution in [0.25, 0.3) is 0 Å². The first-order valence-corrected chi connectivity index (χ1v) is 8.54. The van der Waals surface area contributed by atoms with Crippen LogP contribution in [0.4, 0.5) is 0 Å². The van der Waals surface area contributed by atoms with E-state index in [1.165, 1.54) is 0 Å². The quantitative estimate of drug-likeness (QED) is 0.664. The van der Waals surface area contributed by atoms with Crippen molar-refractivity contribution in [2.24, 2.45) is 27.6 Å². The van der Waals surface area contributed by atoms with Gasteiger partial charge in [0.05, 0.1) is 5.92 Å². The van der Waals surface area contributed by atoms with E-state index in [1.807, 2.05) is 83.1 Å². The lowest BCUT2D eigenvalue weighted by atomic mass is 9.66. The minimum atomic E-state index is -0.734. The Kier molecular flexibility index (Phi) is 6.32. The summed E-state index contributed by atoms with van der Waals surface area (Å²) in [5, 5.41) is 0. The van der Waals surface area contributed by atoms with E-state index in [4.69, 9.17) is 4.74 Å². The van der Waals surface area contributed by atoms with Crippen LogP contribution in [0.5, 0.6) is 0 Å². The maximum absolute atomic E-state index is 13.0. The Labute approximate surface area is 143 Å². The van der Waals surface area contributed by atoms with Crippen LogP contribution in [0.2, 0.25) is 0 Å². The van der Waals surface area contributed by atoms with Crippen LogP contribution in [-0.2, 0) is 14.3 Å². The first-order chi connectivity index (χ1) is 9.79. The average Bonchev–Trinajstić information content (AvgIpc) is 2.17. The van der Waals surface area contributed by atoms with Gasteiger partial charge in [0, 0.05) is 10.8 Å². The summed E-state index contributed by atoms with van der Waals surface area (Å²) in [6, 6.07) is 0. The second-order valence-corrected chi connectivity index (χ2v) is 11.0. The van der Waals surface area contributed by atoms with Crippen molar-refractivity contribution in [1.29, 1.82) is 0 Å². The van der Waals surface area contributed by atoms with Gasteiger partial charge in [-0.3, -0.25) is 9.59 Å². The first-order valence-electron chi connectivity index (χ1n) is 8.54. The number of esters is 1. The van der Waals surface area contributed by atoms with Gasteiger partial charge in [0.15, 0.2) is 11.9 Å². The zero-order valence-corrected chi connectivity index (χ0v) is 17.4. The molecular weight excluding hydrogens is 288 g/mol. The normalized spacial score (nSPS) is 15.5. The molecule has 0 aromatic rings. The summed E-state index contributed by atoms with van der Waals surface area (Å²) in [6.45, 7) is 23.7. The molecule has 0 saturated heterocycles. The second kappa shape index (κ2) is 6.57. The third-order valence-corrected chi connectivity index (χ3v) is 3.97. The molecule has 0 radical (unpaired) electrons. The van der Waals surface area contributed by atoms with Crippen molar-refractivity contribution in [3.05, 3.63) is 0 Å². The Morgan fingerprint density at radius 3 is 1.22 bits per heavy atom. The molecule has 3 heteroatoms. The van der Waals surface area contributed by atoms with Gasteiger partial charge in [-0.2, -0.15) is 0 Å². The molecule has 0 N–H and O–H groups in total. The van der Waals surface area contributed by atoms with Crippen LogP contribution in [-0.4, -0.2) is 17.9 Å². The van der Waals surface area contributed by atoms with Gasteiger partial charge in [-0.1, -0.05) is 83.1 Å².